The second-order valence-electron chi connectivity index (χ2n) is 5.29. The normalized spacial score (nSPS) is 12.4. The third-order valence-corrected chi connectivity index (χ3v) is 6.83. The van der Waals surface area contributed by atoms with Gasteiger partial charge in [0.2, 0.25) is 5.91 Å². The number of amides is 1. The van der Waals surface area contributed by atoms with E-state index < -0.39 is 34.2 Å². The minimum atomic E-state index is -4.48. The van der Waals surface area contributed by atoms with Crippen molar-refractivity contribution < 1.29 is 26.4 Å². The maximum absolute atomic E-state index is 12.7. The van der Waals surface area contributed by atoms with E-state index in [0.717, 1.165) is 27.8 Å². The van der Waals surface area contributed by atoms with E-state index in [1.165, 1.54) is 31.3 Å². The van der Waals surface area contributed by atoms with Crippen molar-refractivity contribution in [3.8, 4) is 0 Å². The first-order valence-electron chi connectivity index (χ1n) is 7.14. The van der Waals surface area contributed by atoms with Crippen LogP contribution in [0.2, 0.25) is 4.34 Å². The number of carbonyl (C=O) groups is 1. The van der Waals surface area contributed by atoms with Crippen molar-refractivity contribution in [3.05, 3.63) is 51.9 Å². The van der Waals surface area contributed by atoms with Gasteiger partial charge in [0.25, 0.3) is 10.0 Å². The Hall–Kier alpha value is -1.62. The van der Waals surface area contributed by atoms with Crippen LogP contribution < -0.4 is 5.32 Å². The molecule has 2 aromatic rings. The molecular formula is C15H14ClF3N2O3S2. The number of rotatable bonds is 6. The Bertz CT molecular complexity index is 898. The van der Waals surface area contributed by atoms with Crippen LogP contribution >= 0.6 is 22.9 Å². The van der Waals surface area contributed by atoms with Crippen molar-refractivity contribution in [2.24, 2.45) is 0 Å². The zero-order valence-electron chi connectivity index (χ0n) is 13.4. The molecule has 0 bridgehead atoms. The van der Waals surface area contributed by atoms with Gasteiger partial charge in [0.15, 0.2) is 0 Å². The van der Waals surface area contributed by atoms with Gasteiger partial charge in [-0.25, -0.2) is 8.42 Å². The SMILES string of the molecule is CN(CC(=O)NCc1cccc(C(F)(F)F)c1)S(=O)(=O)c1ccc(Cl)s1. The van der Waals surface area contributed by atoms with E-state index in [4.69, 9.17) is 11.6 Å². The lowest BCUT2D eigenvalue weighted by atomic mass is 10.1. The molecule has 0 radical (unpaired) electrons. The number of hydrogen-bond acceptors (Lipinski definition) is 4. The minimum absolute atomic E-state index is 0.00400. The second kappa shape index (κ2) is 7.95. The van der Waals surface area contributed by atoms with Crippen LogP contribution in [0.1, 0.15) is 11.1 Å². The highest BCUT2D eigenvalue weighted by molar-refractivity contribution is 7.91. The molecule has 1 N–H and O–H groups in total. The lowest BCUT2D eigenvalue weighted by molar-refractivity contribution is -0.137. The van der Waals surface area contributed by atoms with E-state index >= 15 is 0 Å². The van der Waals surface area contributed by atoms with Gasteiger partial charge in [-0.15, -0.1) is 11.3 Å². The number of alkyl halides is 3. The van der Waals surface area contributed by atoms with Gasteiger partial charge in [-0.3, -0.25) is 4.79 Å². The summed E-state index contributed by atoms with van der Waals surface area (Å²) in [5.41, 5.74) is -0.567. The van der Waals surface area contributed by atoms with Gasteiger partial charge in [0, 0.05) is 13.6 Å². The molecule has 142 valence electrons. The molecule has 1 aromatic carbocycles. The summed E-state index contributed by atoms with van der Waals surface area (Å²) < 4.78 is 63.7. The highest BCUT2D eigenvalue weighted by atomic mass is 35.5. The van der Waals surface area contributed by atoms with Crippen molar-refractivity contribution in [2.75, 3.05) is 13.6 Å². The predicted molar refractivity (Wildman–Crippen MR) is 92.4 cm³/mol. The maximum atomic E-state index is 12.7. The van der Waals surface area contributed by atoms with Gasteiger partial charge in [-0.05, 0) is 29.8 Å². The van der Waals surface area contributed by atoms with Gasteiger partial charge in [0.1, 0.15) is 4.21 Å². The van der Waals surface area contributed by atoms with Crippen molar-refractivity contribution in [3.63, 3.8) is 0 Å². The molecule has 0 spiro atoms. The Morgan fingerprint density at radius 2 is 1.96 bits per heavy atom. The molecule has 1 heterocycles. The van der Waals surface area contributed by atoms with E-state index in [1.54, 1.807) is 0 Å². The fourth-order valence-electron chi connectivity index (χ4n) is 1.99. The Balaban J connectivity index is 1.97. The molecule has 1 aromatic heterocycles. The van der Waals surface area contributed by atoms with Crippen LogP contribution in [0.4, 0.5) is 13.2 Å². The molecule has 0 aliphatic rings. The predicted octanol–water partition coefficient (Wildman–Crippen LogP) is 3.36. The molecule has 0 aliphatic heterocycles. The van der Waals surface area contributed by atoms with Crippen LogP contribution in [0.15, 0.2) is 40.6 Å². The number of benzene rings is 1. The molecule has 1 amide bonds. The summed E-state index contributed by atoms with van der Waals surface area (Å²) in [6, 6.07) is 7.29. The number of sulfonamides is 1. The maximum Gasteiger partial charge on any atom is 0.416 e. The smallest absolute Gasteiger partial charge is 0.351 e. The van der Waals surface area contributed by atoms with Crippen molar-refractivity contribution in [2.45, 2.75) is 16.9 Å². The van der Waals surface area contributed by atoms with E-state index in [-0.39, 0.29) is 16.3 Å². The molecule has 2 rings (SSSR count). The fourth-order valence-corrected chi connectivity index (χ4v) is 4.81. The first-order chi connectivity index (χ1) is 12.0. The molecule has 0 atom stereocenters. The summed E-state index contributed by atoms with van der Waals surface area (Å²) in [4.78, 5) is 11.9. The van der Waals surface area contributed by atoms with Crippen LogP contribution in [0.3, 0.4) is 0 Å². The first kappa shape index (κ1) is 20.7. The topological polar surface area (TPSA) is 66.5 Å². The fraction of sp³-hybridized carbons (Fsp3) is 0.267. The molecule has 0 unspecified atom stereocenters. The summed E-state index contributed by atoms with van der Waals surface area (Å²) in [5.74, 6) is -0.642. The lowest BCUT2D eigenvalue weighted by Gasteiger charge is -2.16. The molecule has 5 nitrogen and oxygen atoms in total. The van der Waals surface area contributed by atoms with Crippen LogP contribution in [-0.2, 0) is 27.5 Å². The minimum Gasteiger partial charge on any atom is -0.351 e. The lowest BCUT2D eigenvalue weighted by Crippen LogP contribution is -2.37. The van der Waals surface area contributed by atoms with Crippen LogP contribution in [0, 0.1) is 0 Å². The Kier molecular flexibility index (Phi) is 6.33. The van der Waals surface area contributed by atoms with E-state index in [1.807, 2.05) is 0 Å². The zero-order valence-corrected chi connectivity index (χ0v) is 15.8. The summed E-state index contributed by atoms with van der Waals surface area (Å²) in [6.45, 7) is -0.627. The van der Waals surface area contributed by atoms with E-state index in [9.17, 15) is 26.4 Å². The summed E-state index contributed by atoms with van der Waals surface area (Å²) in [5, 5.41) is 2.40. The third kappa shape index (κ3) is 5.19. The average Bonchev–Trinajstić information content (AvgIpc) is 2.99. The largest absolute Gasteiger partial charge is 0.416 e. The quantitative estimate of drug-likeness (QED) is 0.770. The summed E-state index contributed by atoms with van der Waals surface area (Å²) in [6.07, 6.45) is -4.48. The molecule has 0 fully saturated rings. The second-order valence-corrected chi connectivity index (χ2v) is 9.28. The third-order valence-electron chi connectivity index (χ3n) is 3.32. The number of halogens is 4. The van der Waals surface area contributed by atoms with Gasteiger partial charge < -0.3 is 5.32 Å². The van der Waals surface area contributed by atoms with Gasteiger partial charge in [-0.2, -0.15) is 17.5 Å². The van der Waals surface area contributed by atoms with Crippen LogP contribution in [0.25, 0.3) is 0 Å². The molecule has 0 saturated carbocycles. The Morgan fingerprint density at radius 1 is 1.27 bits per heavy atom. The van der Waals surface area contributed by atoms with Crippen LogP contribution in [0.5, 0.6) is 0 Å². The van der Waals surface area contributed by atoms with Crippen LogP contribution in [-0.4, -0.2) is 32.2 Å². The molecule has 11 heteroatoms. The van der Waals surface area contributed by atoms with Crippen molar-refractivity contribution >= 4 is 38.9 Å². The number of nitrogens with zero attached hydrogens (tertiary/aromatic N) is 1. The number of carbonyl (C=O) groups excluding carboxylic acids is 1. The monoisotopic (exact) mass is 426 g/mol. The number of nitrogens with one attached hydrogen (secondary N) is 1. The van der Waals surface area contributed by atoms with Gasteiger partial charge >= 0.3 is 6.18 Å². The standard InChI is InChI=1S/C15H14ClF3N2O3S2/c1-21(26(23,24)14-6-5-12(16)25-14)9-13(22)20-8-10-3-2-4-11(7-10)15(17,18)19/h2-7H,8-9H2,1H3,(H,20,22). The van der Waals surface area contributed by atoms with E-state index in [0.29, 0.717) is 4.34 Å². The molecule has 26 heavy (non-hydrogen) atoms. The van der Waals surface area contributed by atoms with E-state index in [2.05, 4.69) is 5.32 Å². The molecular weight excluding hydrogens is 413 g/mol. The zero-order chi connectivity index (χ0) is 19.5. The summed E-state index contributed by atoms with van der Waals surface area (Å²) >= 11 is 6.58. The number of thiophene rings is 1. The molecule has 0 saturated heterocycles. The van der Waals surface area contributed by atoms with Crippen molar-refractivity contribution in [1.82, 2.24) is 9.62 Å². The molecule has 0 aliphatic carbocycles. The highest BCUT2D eigenvalue weighted by Crippen LogP contribution is 2.29. The first-order valence-corrected chi connectivity index (χ1v) is 9.78. The number of likely N-dealkylation sites (N-methyl/N-ethyl adjacent to an activating group) is 1. The summed E-state index contributed by atoms with van der Waals surface area (Å²) in [7, 11) is -2.64. The Labute approximate surface area is 157 Å². The highest BCUT2D eigenvalue weighted by Gasteiger charge is 2.30. The Morgan fingerprint density at radius 3 is 2.54 bits per heavy atom. The van der Waals surface area contributed by atoms with Gasteiger partial charge in [0.05, 0.1) is 16.4 Å². The van der Waals surface area contributed by atoms with Gasteiger partial charge in [-0.1, -0.05) is 23.7 Å². The average molecular weight is 427 g/mol. The number of hydrogen-bond donors (Lipinski definition) is 1. The van der Waals surface area contributed by atoms with Crippen molar-refractivity contribution in [1.29, 1.82) is 0 Å².